The van der Waals surface area contributed by atoms with Gasteiger partial charge in [0.2, 0.25) is 0 Å². The van der Waals surface area contributed by atoms with Crippen LogP contribution in [0.1, 0.15) is 16.7 Å². The standard InChI is InChI=1S/C11H17N3O/c1-6-5-9(14-11(12)13)7(2)8(3)10(6)15-4/h5H,1-4H3,(H4,12,13,14). The molecule has 4 nitrogen and oxygen atoms in total. The monoisotopic (exact) mass is 207 g/mol. The molecule has 1 aromatic rings. The third-order valence-corrected chi connectivity index (χ3v) is 2.45. The summed E-state index contributed by atoms with van der Waals surface area (Å²) in [6, 6.07) is 1.92. The Morgan fingerprint density at radius 3 is 2.27 bits per heavy atom. The summed E-state index contributed by atoms with van der Waals surface area (Å²) in [5.74, 6) is 0.962. The zero-order chi connectivity index (χ0) is 11.6. The molecule has 0 saturated heterocycles. The molecule has 0 aliphatic carbocycles. The van der Waals surface area contributed by atoms with Crippen LogP contribution < -0.4 is 16.2 Å². The van der Waals surface area contributed by atoms with E-state index in [1.807, 2.05) is 26.8 Å². The highest BCUT2D eigenvalue weighted by Crippen LogP contribution is 2.32. The Kier molecular flexibility index (Phi) is 3.19. The number of methoxy groups -OCH3 is 1. The fraction of sp³-hybridized carbons (Fsp3) is 0.364. The molecule has 0 fully saturated rings. The number of rotatable bonds is 2. The zero-order valence-corrected chi connectivity index (χ0v) is 9.59. The van der Waals surface area contributed by atoms with E-state index >= 15 is 0 Å². The maximum absolute atomic E-state index is 5.36. The van der Waals surface area contributed by atoms with E-state index in [-0.39, 0.29) is 5.96 Å². The van der Waals surface area contributed by atoms with Crippen LogP contribution in [0, 0.1) is 20.8 Å². The van der Waals surface area contributed by atoms with Gasteiger partial charge in [-0.25, -0.2) is 4.99 Å². The second-order valence-corrected chi connectivity index (χ2v) is 3.53. The Morgan fingerprint density at radius 2 is 1.80 bits per heavy atom. The summed E-state index contributed by atoms with van der Waals surface area (Å²) in [5.41, 5.74) is 14.6. The average Bonchev–Trinajstić information content (AvgIpc) is 2.14. The second kappa shape index (κ2) is 4.21. The molecule has 0 spiro atoms. The van der Waals surface area contributed by atoms with Crippen LogP contribution in [0.2, 0.25) is 0 Å². The number of nitrogens with two attached hydrogens (primary N) is 2. The smallest absolute Gasteiger partial charge is 0.191 e. The van der Waals surface area contributed by atoms with Gasteiger partial charge in [-0.15, -0.1) is 0 Å². The number of hydrogen-bond acceptors (Lipinski definition) is 2. The minimum absolute atomic E-state index is 0.0714. The number of benzene rings is 1. The van der Waals surface area contributed by atoms with Crippen LogP contribution in [-0.4, -0.2) is 13.1 Å². The van der Waals surface area contributed by atoms with Crippen molar-refractivity contribution in [1.82, 2.24) is 0 Å². The first-order valence-corrected chi connectivity index (χ1v) is 4.71. The molecule has 0 aliphatic heterocycles. The van der Waals surface area contributed by atoms with E-state index in [0.29, 0.717) is 0 Å². The van der Waals surface area contributed by atoms with Gasteiger partial charge in [-0.1, -0.05) is 0 Å². The maximum Gasteiger partial charge on any atom is 0.191 e. The van der Waals surface area contributed by atoms with Gasteiger partial charge in [0.05, 0.1) is 12.8 Å². The highest BCUT2D eigenvalue weighted by Gasteiger charge is 2.09. The van der Waals surface area contributed by atoms with Gasteiger partial charge in [0, 0.05) is 0 Å². The van der Waals surface area contributed by atoms with Crippen LogP contribution in [0.3, 0.4) is 0 Å². The van der Waals surface area contributed by atoms with Crippen LogP contribution in [0.4, 0.5) is 5.69 Å². The number of hydrogen-bond donors (Lipinski definition) is 2. The van der Waals surface area contributed by atoms with E-state index in [1.165, 1.54) is 0 Å². The molecule has 0 amide bonds. The topological polar surface area (TPSA) is 73.6 Å². The molecule has 15 heavy (non-hydrogen) atoms. The van der Waals surface area contributed by atoms with E-state index in [0.717, 1.165) is 28.1 Å². The average molecular weight is 207 g/mol. The van der Waals surface area contributed by atoms with Gasteiger partial charge in [0.1, 0.15) is 5.75 Å². The minimum atomic E-state index is 0.0714. The third kappa shape index (κ3) is 2.21. The molecule has 4 N–H and O–H groups in total. The summed E-state index contributed by atoms with van der Waals surface area (Å²) in [4.78, 5) is 4.07. The Hall–Kier alpha value is -1.71. The van der Waals surface area contributed by atoms with Crippen molar-refractivity contribution in [2.24, 2.45) is 16.5 Å². The van der Waals surface area contributed by atoms with Gasteiger partial charge in [-0.3, -0.25) is 0 Å². The predicted molar refractivity (Wildman–Crippen MR) is 62.7 cm³/mol. The van der Waals surface area contributed by atoms with Gasteiger partial charge in [0.15, 0.2) is 5.96 Å². The molecule has 0 aromatic heterocycles. The summed E-state index contributed by atoms with van der Waals surface area (Å²) in [6.45, 7) is 5.93. The van der Waals surface area contributed by atoms with Crippen molar-refractivity contribution in [3.8, 4) is 5.75 Å². The van der Waals surface area contributed by atoms with Gasteiger partial charge < -0.3 is 16.2 Å². The van der Waals surface area contributed by atoms with Gasteiger partial charge in [-0.2, -0.15) is 0 Å². The summed E-state index contributed by atoms with van der Waals surface area (Å²) >= 11 is 0. The normalized spacial score (nSPS) is 9.87. The molecule has 0 atom stereocenters. The largest absolute Gasteiger partial charge is 0.496 e. The summed E-state index contributed by atoms with van der Waals surface area (Å²) < 4.78 is 5.31. The summed E-state index contributed by atoms with van der Waals surface area (Å²) in [7, 11) is 1.66. The zero-order valence-electron chi connectivity index (χ0n) is 9.59. The van der Waals surface area contributed by atoms with Crippen molar-refractivity contribution in [3.63, 3.8) is 0 Å². The van der Waals surface area contributed by atoms with Crippen molar-refractivity contribution in [2.75, 3.05) is 7.11 Å². The minimum Gasteiger partial charge on any atom is -0.496 e. The third-order valence-electron chi connectivity index (χ3n) is 2.45. The number of guanidine groups is 1. The predicted octanol–water partition coefficient (Wildman–Crippen LogP) is 1.53. The van der Waals surface area contributed by atoms with Gasteiger partial charge in [-0.05, 0) is 43.5 Å². The quantitative estimate of drug-likeness (QED) is 0.570. The number of aliphatic imine (C=N–C) groups is 1. The fourth-order valence-corrected chi connectivity index (χ4v) is 1.61. The molecule has 0 radical (unpaired) electrons. The highest BCUT2D eigenvalue weighted by molar-refractivity contribution is 5.80. The Bertz CT molecular complexity index is 407. The molecule has 4 heteroatoms. The highest BCUT2D eigenvalue weighted by atomic mass is 16.5. The van der Waals surface area contributed by atoms with Crippen LogP contribution in [-0.2, 0) is 0 Å². The van der Waals surface area contributed by atoms with Crippen molar-refractivity contribution in [2.45, 2.75) is 20.8 Å². The summed E-state index contributed by atoms with van der Waals surface area (Å²) in [6.07, 6.45) is 0. The number of ether oxygens (including phenoxy) is 1. The number of nitrogens with zero attached hydrogens (tertiary/aromatic N) is 1. The second-order valence-electron chi connectivity index (χ2n) is 3.53. The maximum atomic E-state index is 5.36. The molecule has 0 unspecified atom stereocenters. The van der Waals surface area contributed by atoms with Crippen LogP contribution >= 0.6 is 0 Å². The lowest BCUT2D eigenvalue weighted by atomic mass is 10.0. The van der Waals surface area contributed by atoms with Crippen LogP contribution in [0.5, 0.6) is 5.75 Å². The molecule has 0 saturated carbocycles. The summed E-state index contributed by atoms with van der Waals surface area (Å²) in [5, 5.41) is 0. The van der Waals surface area contributed by atoms with Crippen LogP contribution in [0.25, 0.3) is 0 Å². The molecule has 0 heterocycles. The first-order chi connectivity index (χ1) is 6.97. The van der Waals surface area contributed by atoms with Crippen molar-refractivity contribution >= 4 is 11.6 Å². The first-order valence-electron chi connectivity index (χ1n) is 4.71. The molecule has 0 aliphatic rings. The Morgan fingerprint density at radius 1 is 1.20 bits per heavy atom. The van der Waals surface area contributed by atoms with Crippen molar-refractivity contribution in [1.29, 1.82) is 0 Å². The molecular formula is C11H17N3O. The van der Waals surface area contributed by atoms with Gasteiger partial charge in [0.25, 0.3) is 0 Å². The molecule has 1 rings (SSSR count). The van der Waals surface area contributed by atoms with Crippen molar-refractivity contribution < 1.29 is 4.74 Å². The Balaban J connectivity index is 3.40. The van der Waals surface area contributed by atoms with E-state index in [1.54, 1.807) is 7.11 Å². The molecular weight excluding hydrogens is 190 g/mol. The molecule has 1 aromatic carbocycles. The fourth-order valence-electron chi connectivity index (χ4n) is 1.61. The molecule has 82 valence electrons. The lowest BCUT2D eigenvalue weighted by molar-refractivity contribution is 0.408. The number of aryl methyl sites for hydroxylation is 1. The van der Waals surface area contributed by atoms with E-state index < -0.39 is 0 Å². The molecule has 0 bridgehead atoms. The Labute approximate surface area is 89.9 Å². The lowest BCUT2D eigenvalue weighted by Gasteiger charge is -2.13. The lowest BCUT2D eigenvalue weighted by Crippen LogP contribution is -2.22. The van der Waals surface area contributed by atoms with E-state index in [4.69, 9.17) is 16.2 Å². The first kappa shape index (κ1) is 11.4. The van der Waals surface area contributed by atoms with Gasteiger partial charge >= 0.3 is 0 Å². The van der Waals surface area contributed by atoms with Crippen molar-refractivity contribution in [3.05, 3.63) is 22.8 Å². The van der Waals surface area contributed by atoms with Crippen LogP contribution in [0.15, 0.2) is 11.1 Å². The van der Waals surface area contributed by atoms with E-state index in [9.17, 15) is 0 Å². The SMILES string of the molecule is COc1c(C)cc(N=C(N)N)c(C)c1C. The van der Waals surface area contributed by atoms with E-state index in [2.05, 4.69) is 4.99 Å².